The third-order valence-electron chi connectivity index (χ3n) is 2.55. The van der Waals surface area contributed by atoms with Crippen LogP contribution in [0.5, 0.6) is 0 Å². The van der Waals surface area contributed by atoms with Gasteiger partial charge < -0.3 is 14.6 Å². The monoisotopic (exact) mass is 216 g/mol. The molecule has 1 unspecified atom stereocenters. The molecule has 0 spiro atoms. The van der Waals surface area contributed by atoms with Crippen LogP contribution in [0.15, 0.2) is 0 Å². The minimum atomic E-state index is -1.59. The number of carboxylic acids is 1. The Labute approximate surface area is 88.4 Å². The van der Waals surface area contributed by atoms with E-state index in [1.165, 1.54) is 14.0 Å². The summed E-state index contributed by atoms with van der Waals surface area (Å²) < 4.78 is 9.68. The molecular weight excluding hydrogens is 200 g/mol. The van der Waals surface area contributed by atoms with Gasteiger partial charge >= 0.3 is 11.9 Å². The van der Waals surface area contributed by atoms with Gasteiger partial charge in [0.2, 0.25) is 0 Å². The first-order chi connectivity index (χ1) is 7.00. The van der Waals surface area contributed by atoms with Crippen molar-refractivity contribution < 1.29 is 24.2 Å². The van der Waals surface area contributed by atoms with Gasteiger partial charge in [-0.1, -0.05) is 0 Å². The van der Waals surface area contributed by atoms with Crippen molar-refractivity contribution in [3.63, 3.8) is 0 Å². The Hall–Kier alpha value is -1.10. The molecule has 1 atom stereocenters. The Kier molecular flexibility index (Phi) is 3.68. The molecule has 0 heterocycles. The highest BCUT2D eigenvalue weighted by atomic mass is 16.5. The van der Waals surface area contributed by atoms with Gasteiger partial charge in [0.1, 0.15) is 0 Å². The Morgan fingerprint density at radius 1 is 1.47 bits per heavy atom. The first-order valence-electron chi connectivity index (χ1n) is 4.90. The Morgan fingerprint density at radius 2 is 2.07 bits per heavy atom. The van der Waals surface area contributed by atoms with E-state index in [1.54, 1.807) is 0 Å². The highest BCUT2D eigenvalue weighted by Gasteiger charge is 2.43. The van der Waals surface area contributed by atoms with Crippen molar-refractivity contribution in [3.05, 3.63) is 0 Å². The normalized spacial score (nSPS) is 19.3. The Balaban J connectivity index is 2.47. The molecule has 0 aliphatic heterocycles. The first kappa shape index (κ1) is 12.0. The maximum Gasteiger partial charge on any atom is 0.325 e. The molecule has 0 aromatic heterocycles. The van der Waals surface area contributed by atoms with Crippen molar-refractivity contribution in [2.75, 3.05) is 20.3 Å². The molecule has 0 aromatic carbocycles. The topological polar surface area (TPSA) is 72.8 Å². The Bertz CT molecular complexity index is 259. The van der Waals surface area contributed by atoms with Crippen LogP contribution >= 0.6 is 0 Å². The number of carboxylic acid groups (broad SMARTS) is 1. The number of carbonyl (C=O) groups is 2. The second-order valence-corrected chi connectivity index (χ2v) is 4.09. The standard InChI is InChI=1S/C10H16O5/c1-10(8(11)12,9(13)14-2)6-15-5-7-3-4-7/h7H,3-6H2,1-2H3,(H,11,12). The van der Waals surface area contributed by atoms with Crippen LogP contribution in [0.25, 0.3) is 0 Å². The third-order valence-corrected chi connectivity index (χ3v) is 2.55. The lowest BCUT2D eigenvalue weighted by atomic mass is 9.92. The maximum atomic E-state index is 11.3. The molecular formula is C10H16O5. The van der Waals surface area contributed by atoms with Crippen molar-refractivity contribution in [2.45, 2.75) is 19.8 Å². The molecule has 0 bridgehead atoms. The quantitative estimate of drug-likeness (QED) is 0.522. The molecule has 0 aromatic rings. The minimum Gasteiger partial charge on any atom is -0.480 e. The Morgan fingerprint density at radius 3 is 2.47 bits per heavy atom. The van der Waals surface area contributed by atoms with E-state index in [4.69, 9.17) is 9.84 Å². The number of methoxy groups -OCH3 is 1. The fourth-order valence-electron chi connectivity index (χ4n) is 1.15. The lowest BCUT2D eigenvalue weighted by Gasteiger charge is -2.21. The van der Waals surface area contributed by atoms with Crippen molar-refractivity contribution in [1.82, 2.24) is 0 Å². The molecule has 5 heteroatoms. The van der Waals surface area contributed by atoms with E-state index in [-0.39, 0.29) is 6.61 Å². The highest BCUT2D eigenvalue weighted by molar-refractivity contribution is 5.98. The molecule has 1 aliphatic rings. The van der Waals surface area contributed by atoms with E-state index < -0.39 is 17.4 Å². The summed E-state index contributed by atoms with van der Waals surface area (Å²) in [6.45, 7) is 1.71. The average molecular weight is 216 g/mol. The number of hydrogen-bond donors (Lipinski definition) is 1. The molecule has 0 amide bonds. The molecule has 15 heavy (non-hydrogen) atoms. The number of aliphatic carboxylic acids is 1. The summed E-state index contributed by atoms with van der Waals surface area (Å²) in [5.74, 6) is -1.45. The first-order valence-corrected chi connectivity index (χ1v) is 4.90. The number of ether oxygens (including phenoxy) is 2. The fourth-order valence-corrected chi connectivity index (χ4v) is 1.15. The maximum absolute atomic E-state index is 11.3. The van der Waals surface area contributed by atoms with E-state index in [9.17, 15) is 9.59 Å². The molecule has 1 aliphatic carbocycles. The van der Waals surface area contributed by atoms with Crippen LogP contribution in [-0.2, 0) is 19.1 Å². The number of esters is 1. The van der Waals surface area contributed by atoms with Crippen LogP contribution in [0, 0.1) is 11.3 Å². The van der Waals surface area contributed by atoms with E-state index in [2.05, 4.69) is 4.74 Å². The number of carbonyl (C=O) groups excluding carboxylic acids is 1. The van der Waals surface area contributed by atoms with Gasteiger partial charge in [-0.25, -0.2) is 0 Å². The summed E-state index contributed by atoms with van der Waals surface area (Å²) in [5.41, 5.74) is -1.59. The fraction of sp³-hybridized carbons (Fsp3) is 0.800. The smallest absolute Gasteiger partial charge is 0.325 e. The predicted octanol–water partition coefficient (Wildman–Crippen LogP) is 0.677. The van der Waals surface area contributed by atoms with Crippen LogP contribution < -0.4 is 0 Å². The van der Waals surface area contributed by atoms with Gasteiger partial charge in [0.15, 0.2) is 5.41 Å². The van der Waals surface area contributed by atoms with E-state index in [0.717, 1.165) is 12.8 Å². The van der Waals surface area contributed by atoms with Gasteiger partial charge in [0.05, 0.1) is 13.7 Å². The summed E-state index contributed by atoms with van der Waals surface area (Å²) >= 11 is 0. The van der Waals surface area contributed by atoms with Gasteiger partial charge in [0.25, 0.3) is 0 Å². The second kappa shape index (κ2) is 4.61. The minimum absolute atomic E-state index is 0.133. The summed E-state index contributed by atoms with van der Waals surface area (Å²) in [6, 6.07) is 0. The van der Waals surface area contributed by atoms with Crippen LogP contribution in [0.3, 0.4) is 0 Å². The predicted molar refractivity (Wildman–Crippen MR) is 51.3 cm³/mol. The SMILES string of the molecule is COC(=O)C(C)(COCC1CC1)C(=O)O. The lowest BCUT2D eigenvalue weighted by molar-refractivity contribution is -0.170. The molecule has 0 saturated heterocycles. The van der Waals surface area contributed by atoms with Gasteiger partial charge in [-0.05, 0) is 25.7 Å². The molecule has 1 rings (SSSR count). The summed E-state index contributed by atoms with van der Waals surface area (Å²) in [7, 11) is 1.17. The van der Waals surface area contributed by atoms with Crippen LogP contribution in [0.4, 0.5) is 0 Å². The zero-order valence-corrected chi connectivity index (χ0v) is 8.99. The van der Waals surface area contributed by atoms with Gasteiger partial charge in [-0.15, -0.1) is 0 Å². The van der Waals surface area contributed by atoms with E-state index >= 15 is 0 Å². The zero-order valence-electron chi connectivity index (χ0n) is 8.99. The van der Waals surface area contributed by atoms with Gasteiger partial charge in [-0.3, -0.25) is 9.59 Å². The molecule has 0 radical (unpaired) electrons. The molecule has 1 fully saturated rings. The van der Waals surface area contributed by atoms with Crippen molar-refractivity contribution in [2.24, 2.45) is 11.3 Å². The number of hydrogen-bond acceptors (Lipinski definition) is 4. The summed E-state index contributed by atoms with van der Waals surface area (Å²) in [6.07, 6.45) is 2.25. The molecule has 1 N–H and O–H groups in total. The van der Waals surface area contributed by atoms with Gasteiger partial charge in [-0.2, -0.15) is 0 Å². The number of rotatable bonds is 6. The van der Waals surface area contributed by atoms with Crippen molar-refractivity contribution in [1.29, 1.82) is 0 Å². The molecule has 1 saturated carbocycles. The van der Waals surface area contributed by atoms with Crippen molar-refractivity contribution in [3.8, 4) is 0 Å². The highest BCUT2D eigenvalue weighted by Crippen LogP contribution is 2.29. The van der Waals surface area contributed by atoms with Crippen molar-refractivity contribution >= 4 is 11.9 Å². The molecule has 5 nitrogen and oxygen atoms in total. The lowest BCUT2D eigenvalue weighted by Crippen LogP contribution is -2.41. The van der Waals surface area contributed by atoms with Crippen LogP contribution in [0.2, 0.25) is 0 Å². The summed E-state index contributed by atoms with van der Waals surface area (Å²) in [4.78, 5) is 22.2. The third kappa shape index (κ3) is 2.92. The van der Waals surface area contributed by atoms with E-state index in [1.807, 2.05) is 0 Å². The zero-order chi connectivity index (χ0) is 11.5. The van der Waals surface area contributed by atoms with Crippen LogP contribution in [0.1, 0.15) is 19.8 Å². The average Bonchev–Trinajstić information content (AvgIpc) is 2.99. The second-order valence-electron chi connectivity index (χ2n) is 4.09. The summed E-state index contributed by atoms with van der Waals surface area (Å²) in [5, 5.41) is 8.93. The van der Waals surface area contributed by atoms with E-state index in [0.29, 0.717) is 12.5 Å². The van der Waals surface area contributed by atoms with Crippen LogP contribution in [-0.4, -0.2) is 37.4 Å². The van der Waals surface area contributed by atoms with Gasteiger partial charge in [0, 0.05) is 6.61 Å². The largest absolute Gasteiger partial charge is 0.480 e. The molecule has 86 valence electrons.